The second kappa shape index (κ2) is 5.17. The molecule has 1 aromatic heterocycles. The Morgan fingerprint density at radius 3 is 2.56 bits per heavy atom. The smallest absolute Gasteiger partial charge is 0.250 e. The van der Waals surface area contributed by atoms with Crippen molar-refractivity contribution in [2.24, 2.45) is 0 Å². The van der Waals surface area contributed by atoms with Crippen LogP contribution in [0.2, 0.25) is 5.15 Å². The quantitative estimate of drug-likeness (QED) is 0.776. The molecule has 6 heteroatoms. The van der Waals surface area contributed by atoms with E-state index in [1.807, 2.05) is 0 Å². The molecule has 1 aromatic rings. The van der Waals surface area contributed by atoms with E-state index in [0.717, 1.165) is 0 Å². The Hall–Kier alpha value is -1.25. The monoisotopic (exact) mass is 271 g/mol. The van der Waals surface area contributed by atoms with Gasteiger partial charge in [0.25, 0.3) is 5.92 Å². The van der Waals surface area contributed by atoms with Crippen molar-refractivity contribution in [3.05, 3.63) is 29.0 Å². The van der Waals surface area contributed by atoms with Gasteiger partial charge in [-0.25, -0.2) is 13.8 Å². The molecule has 0 spiro atoms. The van der Waals surface area contributed by atoms with Crippen molar-refractivity contribution in [2.45, 2.75) is 24.8 Å². The van der Waals surface area contributed by atoms with Crippen molar-refractivity contribution in [2.75, 3.05) is 13.1 Å². The molecular formula is C12H12ClF2N3. The lowest BCUT2D eigenvalue weighted by Gasteiger charge is -2.34. The zero-order chi connectivity index (χ0) is 13.2. The largest absolute Gasteiger partial charge is 0.284 e. The van der Waals surface area contributed by atoms with E-state index < -0.39 is 12.0 Å². The van der Waals surface area contributed by atoms with Crippen LogP contribution in [0.15, 0.2) is 18.3 Å². The van der Waals surface area contributed by atoms with E-state index in [1.165, 1.54) is 6.20 Å². The SMILES string of the molecule is N#CC(c1ccc(Cl)nc1)N1CCC(F)(F)CC1. The van der Waals surface area contributed by atoms with Gasteiger partial charge in [0.15, 0.2) is 0 Å². The maximum absolute atomic E-state index is 13.1. The highest BCUT2D eigenvalue weighted by molar-refractivity contribution is 6.29. The topological polar surface area (TPSA) is 39.9 Å². The molecule has 96 valence electrons. The number of hydrogen-bond acceptors (Lipinski definition) is 3. The standard InChI is InChI=1S/C12H12ClF2N3/c13-11-2-1-9(8-17-11)10(7-16)18-5-3-12(14,15)4-6-18/h1-2,8,10H,3-6H2. The van der Waals surface area contributed by atoms with Gasteiger partial charge in [0.05, 0.1) is 6.07 Å². The van der Waals surface area contributed by atoms with Crippen LogP contribution in [0.5, 0.6) is 0 Å². The predicted molar refractivity (Wildman–Crippen MR) is 63.4 cm³/mol. The van der Waals surface area contributed by atoms with Crippen LogP contribution in [0, 0.1) is 11.3 Å². The summed E-state index contributed by atoms with van der Waals surface area (Å²) in [5.41, 5.74) is 0.687. The Morgan fingerprint density at radius 2 is 2.06 bits per heavy atom. The van der Waals surface area contributed by atoms with Crippen molar-refractivity contribution >= 4 is 11.6 Å². The van der Waals surface area contributed by atoms with Crippen molar-refractivity contribution in [1.29, 1.82) is 5.26 Å². The lowest BCUT2D eigenvalue weighted by molar-refractivity contribution is -0.0595. The number of rotatable bonds is 2. The summed E-state index contributed by atoms with van der Waals surface area (Å²) >= 11 is 5.68. The Bertz CT molecular complexity index is 445. The molecule has 2 heterocycles. The van der Waals surface area contributed by atoms with Gasteiger partial charge in [-0.3, -0.25) is 4.90 Å². The Morgan fingerprint density at radius 1 is 1.39 bits per heavy atom. The van der Waals surface area contributed by atoms with Crippen molar-refractivity contribution < 1.29 is 8.78 Å². The van der Waals surface area contributed by atoms with Crippen LogP contribution in [0.25, 0.3) is 0 Å². The second-order valence-electron chi connectivity index (χ2n) is 4.34. The van der Waals surface area contributed by atoms with E-state index in [1.54, 1.807) is 17.0 Å². The summed E-state index contributed by atoms with van der Waals surface area (Å²) in [6, 6.07) is 4.90. The van der Waals surface area contributed by atoms with Gasteiger partial charge in [-0.1, -0.05) is 17.7 Å². The van der Waals surface area contributed by atoms with Crippen LogP contribution in [0.4, 0.5) is 8.78 Å². The molecule has 3 nitrogen and oxygen atoms in total. The molecule has 0 radical (unpaired) electrons. The number of alkyl halides is 2. The highest BCUT2D eigenvalue weighted by Gasteiger charge is 2.36. The van der Waals surface area contributed by atoms with Gasteiger partial charge in [-0.2, -0.15) is 5.26 Å². The van der Waals surface area contributed by atoms with E-state index in [9.17, 15) is 14.0 Å². The molecule has 18 heavy (non-hydrogen) atoms. The number of likely N-dealkylation sites (tertiary alicyclic amines) is 1. The first-order valence-electron chi connectivity index (χ1n) is 5.65. The Kier molecular flexibility index (Phi) is 3.79. The number of pyridine rings is 1. The number of aromatic nitrogens is 1. The lowest BCUT2D eigenvalue weighted by Crippen LogP contribution is -2.41. The van der Waals surface area contributed by atoms with Gasteiger partial charge in [0, 0.05) is 37.7 Å². The van der Waals surface area contributed by atoms with Gasteiger partial charge in [0.2, 0.25) is 0 Å². The molecule has 0 amide bonds. The molecule has 0 saturated carbocycles. The van der Waals surface area contributed by atoms with E-state index in [4.69, 9.17) is 11.6 Å². The minimum absolute atomic E-state index is 0.202. The van der Waals surface area contributed by atoms with E-state index in [-0.39, 0.29) is 25.9 Å². The molecule has 1 aliphatic heterocycles. The molecule has 0 aliphatic carbocycles. The third-order valence-corrected chi connectivity index (χ3v) is 3.31. The second-order valence-corrected chi connectivity index (χ2v) is 4.73. The van der Waals surface area contributed by atoms with Crippen LogP contribution in [0.1, 0.15) is 24.4 Å². The minimum Gasteiger partial charge on any atom is -0.284 e. The van der Waals surface area contributed by atoms with Crippen molar-refractivity contribution in [3.8, 4) is 6.07 Å². The molecule has 1 unspecified atom stereocenters. The maximum atomic E-state index is 13.1. The number of hydrogen-bond donors (Lipinski definition) is 0. The summed E-state index contributed by atoms with van der Waals surface area (Å²) in [6.07, 6.45) is 1.11. The summed E-state index contributed by atoms with van der Waals surface area (Å²) in [5.74, 6) is -2.60. The van der Waals surface area contributed by atoms with Gasteiger partial charge in [0.1, 0.15) is 11.2 Å². The molecule has 0 bridgehead atoms. The zero-order valence-electron chi connectivity index (χ0n) is 9.61. The predicted octanol–water partition coefficient (Wildman–Crippen LogP) is 3.03. The van der Waals surface area contributed by atoms with E-state index in [2.05, 4.69) is 11.1 Å². The maximum Gasteiger partial charge on any atom is 0.250 e. The molecule has 0 aromatic carbocycles. The third kappa shape index (κ3) is 2.95. The number of nitriles is 1. The fourth-order valence-electron chi connectivity index (χ4n) is 2.03. The van der Waals surface area contributed by atoms with Crippen LogP contribution in [0.3, 0.4) is 0 Å². The first kappa shape index (κ1) is 13.2. The van der Waals surface area contributed by atoms with Crippen LogP contribution >= 0.6 is 11.6 Å². The number of halogens is 3. The average molecular weight is 272 g/mol. The molecule has 1 fully saturated rings. The number of piperidine rings is 1. The number of nitrogens with zero attached hydrogens (tertiary/aromatic N) is 3. The Balaban J connectivity index is 2.11. The normalized spacial score (nSPS) is 21.2. The van der Waals surface area contributed by atoms with Gasteiger partial charge < -0.3 is 0 Å². The van der Waals surface area contributed by atoms with Crippen molar-refractivity contribution in [1.82, 2.24) is 9.88 Å². The summed E-state index contributed by atoms with van der Waals surface area (Å²) in [6.45, 7) is 0.432. The molecule has 2 rings (SSSR count). The Labute approximate surface area is 109 Å². The van der Waals surface area contributed by atoms with E-state index in [0.29, 0.717) is 10.7 Å². The van der Waals surface area contributed by atoms with Gasteiger partial charge in [-0.15, -0.1) is 0 Å². The lowest BCUT2D eigenvalue weighted by atomic mass is 10.0. The highest BCUT2D eigenvalue weighted by atomic mass is 35.5. The summed E-state index contributed by atoms with van der Waals surface area (Å²) < 4.78 is 26.1. The van der Waals surface area contributed by atoms with E-state index >= 15 is 0 Å². The first-order chi connectivity index (χ1) is 8.52. The fraction of sp³-hybridized carbons (Fsp3) is 0.500. The molecular weight excluding hydrogens is 260 g/mol. The molecule has 1 atom stereocenters. The van der Waals surface area contributed by atoms with Gasteiger partial charge >= 0.3 is 0 Å². The zero-order valence-corrected chi connectivity index (χ0v) is 10.4. The van der Waals surface area contributed by atoms with Crippen LogP contribution < -0.4 is 0 Å². The highest BCUT2D eigenvalue weighted by Crippen LogP contribution is 2.32. The molecule has 1 aliphatic rings. The first-order valence-corrected chi connectivity index (χ1v) is 6.02. The van der Waals surface area contributed by atoms with Crippen LogP contribution in [-0.4, -0.2) is 28.9 Å². The average Bonchev–Trinajstić information content (AvgIpc) is 2.34. The van der Waals surface area contributed by atoms with Crippen LogP contribution in [-0.2, 0) is 0 Å². The summed E-state index contributed by atoms with van der Waals surface area (Å²) in [5, 5.41) is 9.54. The molecule has 1 saturated heterocycles. The summed E-state index contributed by atoms with van der Waals surface area (Å²) in [7, 11) is 0. The third-order valence-electron chi connectivity index (χ3n) is 3.08. The van der Waals surface area contributed by atoms with Crippen molar-refractivity contribution in [3.63, 3.8) is 0 Å². The minimum atomic E-state index is -2.60. The summed E-state index contributed by atoms with van der Waals surface area (Å²) in [4.78, 5) is 5.66. The van der Waals surface area contributed by atoms with Gasteiger partial charge in [-0.05, 0) is 6.07 Å². The molecule has 0 N–H and O–H groups in total. The fourth-order valence-corrected chi connectivity index (χ4v) is 2.14.